The largest absolute Gasteiger partial charge is 0.383 e. The third-order valence-corrected chi connectivity index (χ3v) is 3.11. The fourth-order valence-electron chi connectivity index (χ4n) is 0.917. The van der Waals surface area contributed by atoms with Crippen LogP contribution in [0.2, 0.25) is 0 Å². The summed E-state index contributed by atoms with van der Waals surface area (Å²) >= 11 is 1.20. The molecule has 78 valence electrons. The van der Waals surface area contributed by atoms with E-state index in [1.54, 1.807) is 6.92 Å². The molecular weight excluding hydrogens is 202 g/mol. The van der Waals surface area contributed by atoms with Gasteiger partial charge in [-0.1, -0.05) is 0 Å². The smallest absolute Gasteiger partial charge is 0.171 e. The summed E-state index contributed by atoms with van der Waals surface area (Å²) < 4.78 is 4.97. The highest BCUT2D eigenvalue weighted by Crippen LogP contribution is 2.23. The van der Waals surface area contributed by atoms with Gasteiger partial charge in [0.15, 0.2) is 5.78 Å². The molecular formula is C9H13NO3S. The van der Waals surface area contributed by atoms with Crippen molar-refractivity contribution in [2.24, 2.45) is 0 Å². The maximum absolute atomic E-state index is 11.0. The van der Waals surface area contributed by atoms with Crippen LogP contribution in [0.3, 0.4) is 0 Å². The van der Waals surface area contributed by atoms with Crippen LogP contribution in [-0.2, 0) is 4.74 Å². The van der Waals surface area contributed by atoms with Crippen LogP contribution in [0.15, 0.2) is 6.20 Å². The molecule has 0 bridgehead atoms. The molecule has 4 nitrogen and oxygen atoms in total. The molecule has 0 saturated heterocycles. The van der Waals surface area contributed by atoms with Crippen molar-refractivity contribution < 1.29 is 14.6 Å². The van der Waals surface area contributed by atoms with Gasteiger partial charge in [0.2, 0.25) is 0 Å². The molecule has 0 spiro atoms. The first-order valence-electron chi connectivity index (χ1n) is 4.23. The lowest BCUT2D eigenvalue weighted by atomic mass is 10.2. The summed E-state index contributed by atoms with van der Waals surface area (Å²) in [5.74, 6) is -0.0361. The van der Waals surface area contributed by atoms with E-state index in [-0.39, 0.29) is 11.9 Å². The number of hydrogen-bond donors (Lipinski definition) is 1. The number of aliphatic hydroxyl groups is 1. The molecule has 0 aliphatic carbocycles. The molecule has 1 aromatic heterocycles. The highest BCUT2D eigenvalue weighted by molar-refractivity contribution is 7.13. The normalized spacial score (nSPS) is 15.1. The highest BCUT2D eigenvalue weighted by atomic mass is 32.1. The average molecular weight is 215 g/mol. The lowest BCUT2D eigenvalue weighted by molar-refractivity contribution is -0.00152. The Morgan fingerprint density at radius 2 is 2.36 bits per heavy atom. The summed E-state index contributed by atoms with van der Waals surface area (Å²) in [7, 11) is 1.52. The second kappa shape index (κ2) is 4.63. The fraction of sp³-hybridized carbons (Fsp3) is 0.556. The summed E-state index contributed by atoms with van der Waals surface area (Å²) in [6, 6.07) is 0. The summed E-state index contributed by atoms with van der Waals surface area (Å²) in [6.45, 7) is 3.23. The lowest BCUT2D eigenvalue weighted by Crippen LogP contribution is -2.16. The number of thiazole rings is 1. The number of carbonyl (C=O) groups excluding carboxylic acids is 1. The molecule has 0 aliphatic heterocycles. The predicted molar refractivity (Wildman–Crippen MR) is 53.5 cm³/mol. The van der Waals surface area contributed by atoms with E-state index in [0.717, 1.165) is 0 Å². The SMILES string of the molecule is COC(C)C(O)c1ncc(C(C)=O)s1. The second-order valence-electron chi connectivity index (χ2n) is 3.00. The van der Waals surface area contributed by atoms with Crippen LogP contribution < -0.4 is 0 Å². The number of carbonyl (C=O) groups is 1. The van der Waals surface area contributed by atoms with Crippen LogP contribution in [0.1, 0.15) is 34.6 Å². The molecule has 1 N–H and O–H groups in total. The third-order valence-electron chi connectivity index (χ3n) is 1.94. The van der Waals surface area contributed by atoms with E-state index in [0.29, 0.717) is 9.88 Å². The first-order chi connectivity index (χ1) is 6.56. The number of rotatable bonds is 4. The molecule has 0 fully saturated rings. The van der Waals surface area contributed by atoms with Crippen LogP contribution in [0.25, 0.3) is 0 Å². The van der Waals surface area contributed by atoms with Gasteiger partial charge in [-0.05, 0) is 6.92 Å². The zero-order chi connectivity index (χ0) is 10.7. The van der Waals surface area contributed by atoms with E-state index >= 15 is 0 Å². The average Bonchev–Trinajstić information content (AvgIpc) is 2.64. The topological polar surface area (TPSA) is 59.4 Å². The van der Waals surface area contributed by atoms with Crippen LogP contribution >= 0.6 is 11.3 Å². The first-order valence-corrected chi connectivity index (χ1v) is 5.05. The second-order valence-corrected chi connectivity index (χ2v) is 4.07. The third kappa shape index (κ3) is 2.37. The van der Waals surface area contributed by atoms with E-state index in [1.807, 2.05) is 0 Å². The quantitative estimate of drug-likeness (QED) is 0.771. The van der Waals surface area contributed by atoms with Gasteiger partial charge < -0.3 is 9.84 Å². The number of ketones is 1. The molecule has 0 aromatic carbocycles. The minimum Gasteiger partial charge on any atom is -0.383 e. The Labute approximate surface area is 86.6 Å². The summed E-state index contributed by atoms with van der Waals surface area (Å²) in [5.41, 5.74) is 0. The van der Waals surface area contributed by atoms with Gasteiger partial charge in [0.25, 0.3) is 0 Å². The van der Waals surface area contributed by atoms with Gasteiger partial charge in [0.05, 0.1) is 11.0 Å². The van der Waals surface area contributed by atoms with Gasteiger partial charge in [-0.15, -0.1) is 11.3 Å². The summed E-state index contributed by atoms with van der Waals surface area (Å²) in [4.78, 5) is 15.5. The minimum atomic E-state index is -0.766. The van der Waals surface area contributed by atoms with Crippen LogP contribution in [0.5, 0.6) is 0 Å². The monoisotopic (exact) mass is 215 g/mol. The number of Topliss-reactive ketones (excluding diaryl/α,β-unsaturated/α-hetero) is 1. The van der Waals surface area contributed by atoms with Crippen molar-refractivity contribution in [3.8, 4) is 0 Å². The van der Waals surface area contributed by atoms with Gasteiger partial charge >= 0.3 is 0 Å². The molecule has 1 aromatic rings. The fourth-order valence-corrected chi connectivity index (χ4v) is 1.81. The first kappa shape index (κ1) is 11.3. The molecule has 14 heavy (non-hydrogen) atoms. The van der Waals surface area contributed by atoms with Gasteiger partial charge in [-0.25, -0.2) is 4.98 Å². The van der Waals surface area contributed by atoms with Gasteiger partial charge in [-0.2, -0.15) is 0 Å². The Morgan fingerprint density at radius 1 is 1.71 bits per heavy atom. The molecule has 2 unspecified atom stereocenters. The predicted octanol–water partition coefficient (Wildman–Crippen LogP) is 1.41. The minimum absolute atomic E-state index is 0.0361. The zero-order valence-electron chi connectivity index (χ0n) is 8.35. The van der Waals surface area contributed by atoms with Gasteiger partial charge in [-0.3, -0.25) is 4.79 Å². The summed E-state index contributed by atoms with van der Waals surface area (Å²) in [5, 5.41) is 10.2. The zero-order valence-corrected chi connectivity index (χ0v) is 9.17. The van der Waals surface area contributed by atoms with Crippen molar-refractivity contribution in [1.29, 1.82) is 0 Å². The van der Waals surface area contributed by atoms with Crippen molar-refractivity contribution in [2.45, 2.75) is 26.1 Å². The number of aliphatic hydroxyl groups excluding tert-OH is 1. The standard InChI is InChI=1S/C9H13NO3S/c1-5(11)7-4-10-9(14-7)8(12)6(2)13-3/h4,6,8,12H,1-3H3. The summed E-state index contributed by atoms with van der Waals surface area (Å²) in [6.07, 6.45) is 0.396. The molecule has 1 heterocycles. The van der Waals surface area contributed by atoms with Crippen LogP contribution in [0, 0.1) is 0 Å². The Kier molecular flexibility index (Phi) is 3.74. The molecule has 2 atom stereocenters. The molecule has 0 saturated carbocycles. The van der Waals surface area contributed by atoms with Crippen molar-refractivity contribution in [1.82, 2.24) is 4.98 Å². The number of nitrogens with zero attached hydrogens (tertiary/aromatic N) is 1. The molecule has 0 radical (unpaired) electrons. The van der Waals surface area contributed by atoms with Crippen molar-refractivity contribution in [2.75, 3.05) is 7.11 Å². The Hall–Kier alpha value is -0.780. The van der Waals surface area contributed by atoms with Gasteiger partial charge in [0, 0.05) is 20.2 Å². The number of aromatic nitrogens is 1. The molecule has 1 rings (SSSR count). The van der Waals surface area contributed by atoms with E-state index in [4.69, 9.17) is 4.74 Å². The molecule has 0 amide bonds. The Balaban J connectivity index is 2.81. The lowest BCUT2D eigenvalue weighted by Gasteiger charge is -2.14. The number of methoxy groups -OCH3 is 1. The van der Waals surface area contributed by atoms with Gasteiger partial charge in [0.1, 0.15) is 11.1 Å². The van der Waals surface area contributed by atoms with Crippen LogP contribution in [0.4, 0.5) is 0 Å². The number of hydrogen-bond acceptors (Lipinski definition) is 5. The van der Waals surface area contributed by atoms with Crippen molar-refractivity contribution in [3.63, 3.8) is 0 Å². The molecule has 0 aliphatic rings. The Bertz CT molecular complexity index is 324. The number of ether oxygens (including phenoxy) is 1. The van der Waals surface area contributed by atoms with Crippen LogP contribution in [-0.4, -0.2) is 29.1 Å². The van der Waals surface area contributed by atoms with Crippen molar-refractivity contribution in [3.05, 3.63) is 16.1 Å². The van der Waals surface area contributed by atoms with E-state index < -0.39 is 6.10 Å². The van der Waals surface area contributed by atoms with E-state index in [1.165, 1.54) is 31.6 Å². The molecule has 5 heteroatoms. The maximum atomic E-state index is 11.0. The Morgan fingerprint density at radius 3 is 2.79 bits per heavy atom. The maximum Gasteiger partial charge on any atom is 0.171 e. The highest BCUT2D eigenvalue weighted by Gasteiger charge is 2.20. The van der Waals surface area contributed by atoms with Crippen molar-refractivity contribution >= 4 is 17.1 Å². The van der Waals surface area contributed by atoms with E-state index in [2.05, 4.69) is 4.98 Å². The van der Waals surface area contributed by atoms with E-state index in [9.17, 15) is 9.90 Å².